The summed E-state index contributed by atoms with van der Waals surface area (Å²) in [6, 6.07) is 8.25. The van der Waals surface area contributed by atoms with E-state index in [1.807, 2.05) is 22.9 Å². The topological polar surface area (TPSA) is 68.8 Å². The Labute approximate surface area is 106 Å². The highest BCUT2D eigenvalue weighted by Gasteiger charge is 2.23. The predicted octanol–water partition coefficient (Wildman–Crippen LogP) is 1.83. The maximum atomic E-state index is 5.86. The van der Waals surface area contributed by atoms with Gasteiger partial charge in [-0.2, -0.15) is 10.1 Å². The van der Waals surface area contributed by atoms with Gasteiger partial charge in [-0.1, -0.05) is 19.1 Å². The number of nitrogens with one attached hydrogen (secondary N) is 1. The van der Waals surface area contributed by atoms with Crippen LogP contribution in [0.1, 0.15) is 30.8 Å². The molecule has 1 unspecified atom stereocenters. The first-order valence-corrected chi connectivity index (χ1v) is 6.32. The zero-order valence-electron chi connectivity index (χ0n) is 10.4. The molecule has 3 N–H and O–H groups in total. The molecule has 1 aromatic carbocycles. The van der Waals surface area contributed by atoms with Gasteiger partial charge >= 0.3 is 0 Å². The molecular weight excluding hydrogens is 226 g/mol. The van der Waals surface area contributed by atoms with Gasteiger partial charge in [-0.3, -0.25) is 0 Å². The molecule has 1 aliphatic rings. The summed E-state index contributed by atoms with van der Waals surface area (Å²) in [6.45, 7) is 2.98. The summed E-state index contributed by atoms with van der Waals surface area (Å²) in [6.07, 6.45) is 1.86. The van der Waals surface area contributed by atoms with Crippen molar-refractivity contribution >= 4 is 11.6 Å². The van der Waals surface area contributed by atoms with Crippen molar-refractivity contribution in [2.24, 2.45) is 0 Å². The lowest BCUT2D eigenvalue weighted by Crippen LogP contribution is -2.24. The van der Waals surface area contributed by atoms with Crippen LogP contribution in [0.25, 0.3) is 0 Å². The average molecular weight is 243 g/mol. The Morgan fingerprint density at radius 3 is 3.17 bits per heavy atom. The molecule has 0 radical (unpaired) electrons. The fourth-order valence-electron chi connectivity index (χ4n) is 2.37. The Hall–Kier alpha value is -2.04. The number of aromatic nitrogens is 3. The second kappa shape index (κ2) is 4.33. The summed E-state index contributed by atoms with van der Waals surface area (Å²) in [7, 11) is 0. The van der Waals surface area contributed by atoms with Gasteiger partial charge in [-0.05, 0) is 24.1 Å². The van der Waals surface area contributed by atoms with Crippen LogP contribution in [0, 0.1) is 0 Å². The van der Waals surface area contributed by atoms with Gasteiger partial charge in [-0.25, -0.2) is 4.68 Å². The quantitative estimate of drug-likeness (QED) is 0.789. The van der Waals surface area contributed by atoms with Gasteiger partial charge in [0, 0.05) is 18.7 Å². The Balaban J connectivity index is 2.02. The zero-order chi connectivity index (χ0) is 12.5. The molecule has 1 atom stereocenters. The first kappa shape index (κ1) is 11.1. The number of benzene rings is 1. The molecule has 0 spiro atoms. The summed E-state index contributed by atoms with van der Waals surface area (Å²) in [5.74, 6) is 1.75. The van der Waals surface area contributed by atoms with Crippen LogP contribution in [0.15, 0.2) is 24.3 Å². The van der Waals surface area contributed by atoms with Crippen LogP contribution in [-0.4, -0.2) is 21.3 Å². The van der Waals surface area contributed by atoms with Crippen LogP contribution in [0.2, 0.25) is 0 Å². The number of hydrogen-bond donors (Lipinski definition) is 2. The third-order valence-corrected chi connectivity index (χ3v) is 3.28. The molecule has 5 heteroatoms. The SMILES string of the molecule is CCc1nc2n(n1)C(c1cccc(N)c1)CCN2. The summed E-state index contributed by atoms with van der Waals surface area (Å²) in [5.41, 5.74) is 7.85. The monoisotopic (exact) mass is 243 g/mol. The van der Waals surface area contributed by atoms with E-state index in [1.165, 1.54) is 5.56 Å². The first-order chi connectivity index (χ1) is 8.78. The van der Waals surface area contributed by atoms with Crippen LogP contribution in [0.3, 0.4) is 0 Å². The van der Waals surface area contributed by atoms with E-state index in [-0.39, 0.29) is 6.04 Å². The molecule has 2 heterocycles. The number of hydrogen-bond acceptors (Lipinski definition) is 4. The molecule has 18 heavy (non-hydrogen) atoms. The Bertz CT molecular complexity index is 560. The van der Waals surface area contributed by atoms with E-state index in [9.17, 15) is 0 Å². The van der Waals surface area contributed by atoms with Crippen LogP contribution in [0.4, 0.5) is 11.6 Å². The van der Waals surface area contributed by atoms with Crippen LogP contribution < -0.4 is 11.1 Å². The van der Waals surface area contributed by atoms with Gasteiger partial charge in [0.05, 0.1) is 6.04 Å². The van der Waals surface area contributed by atoms with Crippen molar-refractivity contribution in [3.05, 3.63) is 35.7 Å². The molecule has 0 fully saturated rings. The van der Waals surface area contributed by atoms with Gasteiger partial charge < -0.3 is 11.1 Å². The molecule has 0 aliphatic carbocycles. The van der Waals surface area contributed by atoms with Crippen molar-refractivity contribution in [3.8, 4) is 0 Å². The third kappa shape index (κ3) is 1.81. The first-order valence-electron chi connectivity index (χ1n) is 6.32. The lowest BCUT2D eigenvalue weighted by Gasteiger charge is -2.24. The second-order valence-electron chi connectivity index (χ2n) is 4.55. The normalized spacial score (nSPS) is 18.2. The molecular formula is C13H17N5. The largest absolute Gasteiger partial charge is 0.399 e. The minimum atomic E-state index is 0.234. The molecule has 5 nitrogen and oxygen atoms in total. The molecule has 3 rings (SSSR count). The zero-order valence-corrected chi connectivity index (χ0v) is 10.4. The lowest BCUT2D eigenvalue weighted by molar-refractivity contribution is 0.477. The highest BCUT2D eigenvalue weighted by molar-refractivity contribution is 5.43. The number of anilines is 2. The van der Waals surface area contributed by atoms with Gasteiger partial charge in [-0.15, -0.1) is 0 Å². The minimum Gasteiger partial charge on any atom is -0.399 e. The maximum absolute atomic E-state index is 5.86. The predicted molar refractivity (Wildman–Crippen MR) is 71.5 cm³/mol. The van der Waals surface area contributed by atoms with Gasteiger partial charge in [0.2, 0.25) is 5.95 Å². The summed E-state index contributed by atoms with van der Waals surface area (Å²) in [4.78, 5) is 4.48. The Morgan fingerprint density at radius 2 is 2.39 bits per heavy atom. The van der Waals surface area contributed by atoms with E-state index in [2.05, 4.69) is 28.4 Å². The van der Waals surface area contributed by atoms with Crippen molar-refractivity contribution < 1.29 is 0 Å². The molecule has 0 amide bonds. The van der Waals surface area contributed by atoms with E-state index in [4.69, 9.17) is 5.73 Å². The van der Waals surface area contributed by atoms with Crippen LogP contribution >= 0.6 is 0 Å². The minimum absolute atomic E-state index is 0.234. The molecule has 2 aromatic rings. The van der Waals surface area contributed by atoms with Crippen molar-refractivity contribution in [1.82, 2.24) is 14.8 Å². The lowest BCUT2D eigenvalue weighted by atomic mass is 10.0. The number of nitrogen functional groups attached to an aromatic ring is 1. The number of rotatable bonds is 2. The molecule has 94 valence electrons. The third-order valence-electron chi connectivity index (χ3n) is 3.28. The van der Waals surface area contributed by atoms with Gasteiger partial charge in [0.1, 0.15) is 0 Å². The smallest absolute Gasteiger partial charge is 0.221 e. The number of nitrogens with zero attached hydrogens (tertiary/aromatic N) is 3. The van der Waals surface area contributed by atoms with Crippen molar-refractivity contribution in [2.45, 2.75) is 25.8 Å². The van der Waals surface area contributed by atoms with Gasteiger partial charge in [0.25, 0.3) is 0 Å². The van der Waals surface area contributed by atoms with E-state index in [1.54, 1.807) is 0 Å². The van der Waals surface area contributed by atoms with Crippen LogP contribution in [0.5, 0.6) is 0 Å². The highest BCUT2D eigenvalue weighted by Crippen LogP contribution is 2.29. The van der Waals surface area contributed by atoms with Crippen molar-refractivity contribution in [2.75, 3.05) is 17.6 Å². The molecule has 1 aliphatic heterocycles. The standard InChI is InChI=1S/C13H17N5/c1-2-12-16-13-15-7-6-11(18(13)17-12)9-4-3-5-10(14)8-9/h3-5,8,11H,2,6-7,14H2,1H3,(H,15,16,17). The number of aryl methyl sites for hydroxylation is 1. The van der Waals surface area contributed by atoms with Gasteiger partial charge in [0.15, 0.2) is 5.82 Å². The van der Waals surface area contributed by atoms with E-state index < -0.39 is 0 Å². The number of nitrogens with two attached hydrogens (primary N) is 1. The molecule has 0 saturated heterocycles. The molecule has 0 saturated carbocycles. The van der Waals surface area contributed by atoms with Crippen LogP contribution in [-0.2, 0) is 6.42 Å². The number of fused-ring (bicyclic) bond motifs is 1. The fourth-order valence-corrected chi connectivity index (χ4v) is 2.37. The summed E-state index contributed by atoms with van der Waals surface area (Å²) in [5, 5.41) is 7.85. The highest BCUT2D eigenvalue weighted by atomic mass is 15.4. The Kier molecular flexibility index (Phi) is 2.66. The molecule has 0 bridgehead atoms. The van der Waals surface area contributed by atoms with E-state index >= 15 is 0 Å². The van der Waals surface area contributed by atoms with Crippen molar-refractivity contribution in [3.63, 3.8) is 0 Å². The maximum Gasteiger partial charge on any atom is 0.221 e. The fraction of sp³-hybridized carbons (Fsp3) is 0.385. The van der Waals surface area contributed by atoms with E-state index in [0.29, 0.717) is 0 Å². The second-order valence-corrected chi connectivity index (χ2v) is 4.55. The van der Waals surface area contributed by atoms with Crippen molar-refractivity contribution in [1.29, 1.82) is 0 Å². The Morgan fingerprint density at radius 1 is 1.50 bits per heavy atom. The molecule has 1 aromatic heterocycles. The summed E-state index contributed by atoms with van der Waals surface area (Å²) < 4.78 is 1.98. The van der Waals surface area contributed by atoms with E-state index in [0.717, 1.165) is 36.8 Å². The average Bonchev–Trinajstić information content (AvgIpc) is 2.81. The summed E-state index contributed by atoms with van der Waals surface area (Å²) >= 11 is 0.